The number of methoxy groups -OCH3 is 1. The summed E-state index contributed by atoms with van der Waals surface area (Å²) >= 11 is 3.21. The molecule has 1 heterocycles. The van der Waals surface area contributed by atoms with Gasteiger partial charge in [-0.3, -0.25) is 9.78 Å². The lowest BCUT2D eigenvalue weighted by Crippen LogP contribution is -2.15. The van der Waals surface area contributed by atoms with Gasteiger partial charge in [0.1, 0.15) is 5.75 Å². The molecule has 0 saturated carbocycles. The molecule has 5 heteroatoms. The Hall–Kier alpha value is -0.940. The van der Waals surface area contributed by atoms with Crippen molar-refractivity contribution >= 4 is 21.7 Å². The van der Waals surface area contributed by atoms with Gasteiger partial charge in [0.2, 0.25) is 0 Å². The van der Waals surface area contributed by atoms with Gasteiger partial charge in [-0.1, -0.05) is 0 Å². The summed E-state index contributed by atoms with van der Waals surface area (Å²) in [4.78, 5) is 15.2. The van der Waals surface area contributed by atoms with E-state index in [1.54, 1.807) is 0 Å². The Morgan fingerprint density at radius 3 is 2.92 bits per heavy atom. The Kier molecular flexibility index (Phi) is 3.39. The molecule has 1 aromatic rings. The fraction of sp³-hybridized carbons (Fsp3) is 0.250. The molecule has 4 nitrogen and oxygen atoms in total. The normalized spacial score (nSPS) is 9.77. The van der Waals surface area contributed by atoms with Gasteiger partial charge in [-0.05, 0) is 15.9 Å². The van der Waals surface area contributed by atoms with Crippen LogP contribution < -0.4 is 10.5 Å². The predicted octanol–water partition coefficient (Wildman–Crippen LogP) is 0.994. The van der Waals surface area contributed by atoms with Crippen molar-refractivity contribution in [3.05, 3.63) is 22.4 Å². The van der Waals surface area contributed by atoms with E-state index in [0.29, 0.717) is 15.8 Å². The Morgan fingerprint density at radius 1 is 1.69 bits per heavy atom. The molecule has 0 aliphatic rings. The van der Waals surface area contributed by atoms with E-state index in [1.807, 2.05) is 0 Å². The van der Waals surface area contributed by atoms with Crippen molar-refractivity contribution in [2.75, 3.05) is 13.7 Å². The molecule has 0 bridgehead atoms. The molecule has 13 heavy (non-hydrogen) atoms. The molecule has 2 N–H and O–H groups in total. The number of rotatable bonds is 3. The lowest BCUT2D eigenvalue weighted by molar-refractivity contribution is 0.0997. The minimum absolute atomic E-state index is 0.0427. The quantitative estimate of drug-likeness (QED) is 0.806. The van der Waals surface area contributed by atoms with Gasteiger partial charge in [0.15, 0.2) is 5.78 Å². The summed E-state index contributed by atoms with van der Waals surface area (Å²) in [6, 6.07) is 0. The number of hydrogen-bond donors (Lipinski definition) is 1. The van der Waals surface area contributed by atoms with Crippen LogP contribution in [0.1, 0.15) is 10.4 Å². The van der Waals surface area contributed by atoms with Crippen LogP contribution in [0.15, 0.2) is 16.9 Å². The summed E-state index contributed by atoms with van der Waals surface area (Å²) in [5.41, 5.74) is 5.69. The highest BCUT2D eigenvalue weighted by Crippen LogP contribution is 2.25. The molecule has 0 fully saturated rings. The topological polar surface area (TPSA) is 65.2 Å². The fourth-order valence-electron chi connectivity index (χ4n) is 0.945. The number of ketones is 1. The summed E-state index contributed by atoms with van der Waals surface area (Å²) in [5, 5.41) is 0. The summed E-state index contributed by atoms with van der Waals surface area (Å²) in [7, 11) is 1.48. The van der Waals surface area contributed by atoms with Gasteiger partial charge in [0.25, 0.3) is 0 Å². The SMILES string of the molecule is COc1cncc(Br)c1C(=O)CN. The van der Waals surface area contributed by atoms with E-state index < -0.39 is 0 Å². The largest absolute Gasteiger partial charge is 0.494 e. The maximum absolute atomic E-state index is 11.4. The van der Waals surface area contributed by atoms with Crippen molar-refractivity contribution in [1.82, 2.24) is 4.98 Å². The third-order valence-electron chi connectivity index (χ3n) is 1.55. The standard InChI is InChI=1S/C8H9BrN2O2/c1-13-7-4-11-3-5(9)8(7)6(12)2-10/h3-4H,2,10H2,1H3. The maximum Gasteiger partial charge on any atom is 0.181 e. The molecular formula is C8H9BrN2O2. The second-order valence-electron chi connectivity index (χ2n) is 2.33. The van der Waals surface area contributed by atoms with Crippen molar-refractivity contribution < 1.29 is 9.53 Å². The van der Waals surface area contributed by atoms with Crippen molar-refractivity contribution in [3.8, 4) is 5.75 Å². The van der Waals surface area contributed by atoms with Gasteiger partial charge < -0.3 is 10.5 Å². The zero-order valence-electron chi connectivity index (χ0n) is 7.08. The molecule has 0 aliphatic carbocycles. The average molecular weight is 245 g/mol. The number of nitrogens with zero attached hydrogens (tertiary/aromatic N) is 1. The first-order valence-electron chi connectivity index (χ1n) is 3.61. The van der Waals surface area contributed by atoms with Crippen molar-refractivity contribution in [3.63, 3.8) is 0 Å². The van der Waals surface area contributed by atoms with E-state index in [4.69, 9.17) is 10.5 Å². The van der Waals surface area contributed by atoms with Crippen LogP contribution in [0.25, 0.3) is 0 Å². The van der Waals surface area contributed by atoms with Crippen LogP contribution in [0.5, 0.6) is 5.75 Å². The third kappa shape index (κ3) is 2.05. The number of carbonyl (C=O) groups excluding carboxylic acids is 1. The first-order chi connectivity index (χ1) is 6.20. The second kappa shape index (κ2) is 4.34. The lowest BCUT2D eigenvalue weighted by atomic mass is 10.1. The first kappa shape index (κ1) is 10.1. The molecule has 70 valence electrons. The van der Waals surface area contributed by atoms with E-state index in [0.717, 1.165) is 0 Å². The second-order valence-corrected chi connectivity index (χ2v) is 3.18. The number of halogens is 1. The molecule has 1 rings (SSSR count). The van der Waals surface area contributed by atoms with Crippen LogP contribution in [0.3, 0.4) is 0 Å². The summed E-state index contributed by atoms with van der Waals surface area (Å²) in [5.74, 6) is 0.260. The van der Waals surface area contributed by atoms with Gasteiger partial charge in [-0.2, -0.15) is 0 Å². The van der Waals surface area contributed by atoms with E-state index >= 15 is 0 Å². The van der Waals surface area contributed by atoms with Gasteiger partial charge in [0.05, 0.1) is 29.9 Å². The number of aromatic nitrogens is 1. The molecule has 0 aliphatic heterocycles. The molecule has 0 unspecified atom stereocenters. The van der Waals surface area contributed by atoms with Gasteiger partial charge in [0, 0.05) is 6.20 Å². The van der Waals surface area contributed by atoms with Crippen LogP contribution in [0.4, 0.5) is 0 Å². The Balaban J connectivity index is 3.22. The maximum atomic E-state index is 11.4. The molecular weight excluding hydrogens is 236 g/mol. The predicted molar refractivity (Wildman–Crippen MR) is 51.9 cm³/mol. The lowest BCUT2D eigenvalue weighted by Gasteiger charge is -2.06. The van der Waals surface area contributed by atoms with Crippen LogP contribution >= 0.6 is 15.9 Å². The average Bonchev–Trinajstić information content (AvgIpc) is 2.16. The summed E-state index contributed by atoms with van der Waals surface area (Å²) in [6.07, 6.45) is 3.01. The van der Waals surface area contributed by atoms with Crippen LogP contribution in [-0.2, 0) is 0 Å². The summed E-state index contributed by atoms with van der Waals surface area (Å²) < 4.78 is 5.58. The smallest absolute Gasteiger partial charge is 0.181 e. The number of carbonyl (C=O) groups is 1. The highest BCUT2D eigenvalue weighted by molar-refractivity contribution is 9.10. The van der Waals surface area contributed by atoms with E-state index in [2.05, 4.69) is 20.9 Å². The zero-order valence-corrected chi connectivity index (χ0v) is 8.67. The van der Waals surface area contributed by atoms with Crippen LogP contribution in [0.2, 0.25) is 0 Å². The van der Waals surface area contributed by atoms with Gasteiger partial charge >= 0.3 is 0 Å². The highest BCUT2D eigenvalue weighted by Gasteiger charge is 2.14. The Labute approximate surface area is 84.2 Å². The third-order valence-corrected chi connectivity index (χ3v) is 2.15. The number of pyridine rings is 1. The molecule has 0 amide bonds. The fourth-order valence-corrected chi connectivity index (χ4v) is 1.48. The minimum Gasteiger partial charge on any atom is -0.494 e. The highest BCUT2D eigenvalue weighted by atomic mass is 79.9. The molecule has 0 saturated heterocycles. The van der Waals surface area contributed by atoms with Crippen LogP contribution in [0, 0.1) is 0 Å². The molecule has 0 radical (unpaired) electrons. The monoisotopic (exact) mass is 244 g/mol. The van der Waals surface area contributed by atoms with E-state index in [-0.39, 0.29) is 12.3 Å². The summed E-state index contributed by atoms with van der Waals surface area (Å²) in [6.45, 7) is -0.0427. The molecule has 0 spiro atoms. The zero-order chi connectivity index (χ0) is 9.84. The number of nitrogens with two attached hydrogens (primary N) is 1. The Bertz CT molecular complexity index is 328. The van der Waals surface area contributed by atoms with Crippen molar-refractivity contribution in [1.29, 1.82) is 0 Å². The van der Waals surface area contributed by atoms with E-state index in [1.165, 1.54) is 19.5 Å². The van der Waals surface area contributed by atoms with Gasteiger partial charge in [-0.15, -0.1) is 0 Å². The van der Waals surface area contributed by atoms with Crippen LogP contribution in [-0.4, -0.2) is 24.4 Å². The van der Waals surface area contributed by atoms with Crippen molar-refractivity contribution in [2.45, 2.75) is 0 Å². The number of hydrogen-bond acceptors (Lipinski definition) is 4. The van der Waals surface area contributed by atoms with Crippen molar-refractivity contribution in [2.24, 2.45) is 5.73 Å². The Morgan fingerprint density at radius 2 is 2.38 bits per heavy atom. The molecule has 0 aromatic carbocycles. The number of Topliss-reactive ketones (excluding diaryl/α,β-unsaturated/α-hetero) is 1. The molecule has 0 atom stereocenters. The minimum atomic E-state index is -0.175. The first-order valence-corrected chi connectivity index (χ1v) is 4.40. The van der Waals surface area contributed by atoms with E-state index in [9.17, 15) is 4.79 Å². The number of ether oxygens (including phenoxy) is 1. The van der Waals surface area contributed by atoms with Gasteiger partial charge in [-0.25, -0.2) is 0 Å². The molecule has 1 aromatic heterocycles.